The monoisotopic (exact) mass is 309 g/mol. The van der Waals surface area contributed by atoms with Crippen molar-refractivity contribution >= 4 is 11.6 Å². The first-order valence-corrected chi connectivity index (χ1v) is 6.59. The summed E-state index contributed by atoms with van der Waals surface area (Å²) in [6.07, 6.45) is 1.64. The topological polar surface area (TPSA) is 49.8 Å². The van der Waals surface area contributed by atoms with Gasteiger partial charge in [0.25, 0.3) is 0 Å². The minimum absolute atomic E-state index is 0.291. The minimum Gasteiger partial charge on any atom is -0.493 e. The van der Waals surface area contributed by atoms with E-state index in [1.54, 1.807) is 51.8 Å². The molecule has 112 valence electrons. The number of rotatable bonds is 6. The van der Waals surface area contributed by atoms with Gasteiger partial charge >= 0.3 is 0 Å². The molecule has 1 heterocycles. The Morgan fingerprint density at radius 1 is 1.00 bits per heavy atom. The molecule has 0 atom stereocenters. The fourth-order valence-corrected chi connectivity index (χ4v) is 2.01. The minimum atomic E-state index is 0.291. The van der Waals surface area contributed by atoms with Crippen molar-refractivity contribution in [2.75, 3.05) is 21.3 Å². The lowest BCUT2D eigenvalue weighted by Crippen LogP contribution is -2.00. The van der Waals surface area contributed by atoms with Gasteiger partial charge < -0.3 is 18.9 Å². The van der Waals surface area contributed by atoms with E-state index >= 15 is 0 Å². The third kappa shape index (κ3) is 3.70. The van der Waals surface area contributed by atoms with Crippen molar-refractivity contribution in [2.24, 2.45) is 0 Å². The Labute approximate surface area is 128 Å². The summed E-state index contributed by atoms with van der Waals surface area (Å²) in [7, 11) is 4.66. The van der Waals surface area contributed by atoms with Crippen LogP contribution in [0.25, 0.3) is 0 Å². The summed E-state index contributed by atoms with van der Waals surface area (Å²) >= 11 is 5.91. The highest BCUT2D eigenvalue weighted by molar-refractivity contribution is 6.30. The number of halogens is 1. The summed E-state index contributed by atoms with van der Waals surface area (Å²) < 4.78 is 21.5. The molecule has 0 radical (unpaired) electrons. The molecule has 1 aromatic heterocycles. The highest BCUT2D eigenvalue weighted by Gasteiger charge is 2.14. The van der Waals surface area contributed by atoms with E-state index in [9.17, 15) is 0 Å². The Balaban J connectivity index is 2.20. The van der Waals surface area contributed by atoms with Gasteiger partial charge in [0.1, 0.15) is 12.4 Å². The quantitative estimate of drug-likeness (QED) is 0.819. The van der Waals surface area contributed by atoms with E-state index in [0.717, 1.165) is 5.69 Å². The van der Waals surface area contributed by atoms with E-state index < -0.39 is 0 Å². The second kappa shape index (κ2) is 7.04. The molecule has 0 fully saturated rings. The van der Waals surface area contributed by atoms with Crippen LogP contribution < -0.4 is 18.9 Å². The average Bonchev–Trinajstić information content (AvgIpc) is 2.51. The van der Waals surface area contributed by atoms with Gasteiger partial charge in [-0.05, 0) is 12.1 Å². The van der Waals surface area contributed by atoms with Gasteiger partial charge in [0.2, 0.25) is 5.75 Å². The normalized spacial score (nSPS) is 10.1. The molecule has 0 unspecified atom stereocenters. The van der Waals surface area contributed by atoms with E-state index in [1.807, 2.05) is 0 Å². The third-order valence-electron chi connectivity index (χ3n) is 2.80. The summed E-state index contributed by atoms with van der Waals surface area (Å²) in [5.74, 6) is 2.18. The zero-order valence-electron chi connectivity index (χ0n) is 12.1. The third-order valence-corrected chi connectivity index (χ3v) is 3.04. The van der Waals surface area contributed by atoms with E-state index in [1.165, 1.54) is 0 Å². The highest BCUT2D eigenvalue weighted by atomic mass is 35.5. The SMILES string of the molecule is COc1cc(OCc2cc(Cl)ccn2)cc(OC)c1OC. The van der Waals surface area contributed by atoms with Gasteiger partial charge in [0.15, 0.2) is 11.5 Å². The average molecular weight is 310 g/mol. The maximum Gasteiger partial charge on any atom is 0.203 e. The summed E-state index contributed by atoms with van der Waals surface area (Å²) in [6, 6.07) is 6.92. The Bertz CT molecular complexity index is 593. The molecule has 0 amide bonds. The molecular formula is C15H16ClNO4. The second-order valence-corrected chi connectivity index (χ2v) is 4.55. The number of hydrogen-bond donors (Lipinski definition) is 0. The van der Waals surface area contributed by atoms with Crippen LogP contribution in [0.2, 0.25) is 5.02 Å². The molecule has 0 aliphatic heterocycles. The van der Waals surface area contributed by atoms with Crippen molar-refractivity contribution in [1.29, 1.82) is 0 Å². The molecule has 5 nitrogen and oxygen atoms in total. The Kier molecular flexibility index (Phi) is 5.11. The second-order valence-electron chi connectivity index (χ2n) is 4.12. The number of benzene rings is 1. The van der Waals surface area contributed by atoms with E-state index in [2.05, 4.69) is 4.98 Å². The molecular weight excluding hydrogens is 294 g/mol. The van der Waals surface area contributed by atoms with Crippen LogP contribution in [0.15, 0.2) is 30.5 Å². The van der Waals surface area contributed by atoms with Crippen molar-refractivity contribution < 1.29 is 18.9 Å². The van der Waals surface area contributed by atoms with Gasteiger partial charge in [0.05, 0.1) is 27.0 Å². The van der Waals surface area contributed by atoms with Crippen LogP contribution in [0.1, 0.15) is 5.69 Å². The molecule has 6 heteroatoms. The van der Waals surface area contributed by atoms with Crippen LogP contribution in [-0.2, 0) is 6.61 Å². The largest absolute Gasteiger partial charge is 0.493 e. The maximum atomic E-state index is 5.91. The molecule has 0 N–H and O–H groups in total. The van der Waals surface area contributed by atoms with E-state index in [4.69, 9.17) is 30.5 Å². The molecule has 1 aromatic carbocycles. The van der Waals surface area contributed by atoms with Crippen LogP contribution in [0.3, 0.4) is 0 Å². The van der Waals surface area contributed by atoms with E-state index in [-0.39, 0.29) is 0 Å². The molecule has 0 saturated carbocycles. The number of ether oxygens (including phenoxy) is 4. The number of pyridine rings is 1. The molecule has 2 aromatic rings. The summed E-state index contributed by atoms with van der Waals surface area (Å²) in [5.41, 5.74) is 0.733. The van der Waals surface area contributed by atoms with Crippen molar-refractivity contribution in [2.45, 2.75) is 6.61 Å². The number of methoxy groups -OCH3 is 3. The number of aromatic nitrogens is 1. The van der Waals surface area contributed by atoms with Gasteiger partial charge in [-0.15, -0.1) is 0 Å². The first-order valence-electron chi connectivity index (χ1n) is 6.21. The number of nitrogens with zero attached hydrogens (tertiary/aromatic N) is 1. The van der Waals surface area contributed by atoms with Gasteiger partial charge in [-0.25, -0.2) is 0 Å². The van der Waals surface area contributed by atoms with Gasteiger partial charge in [0, 0.05) is 23.4 Å². The lowest BCUT2D eigenvalue weighted by molar-refractivity contribution is 0.288. The van der Waals surface area contributed by atoms with Gasteiger partial charge in [-0.3, -0.25) is 4.98 Å². The zero-order chi connectivity index (χ0) is 15.2. The first kappa shape index (κ1) is 15.3. The maximum absolute atomic E-state index is 5.91. The van der Waals surface area contributed by atoms with Crippen molar-refractivity contribution in [3.63, 3.8) is 0 Å². The summed E-state index contributed by atoms with van der Waals surface area (Å²) in [5, 5.41) is 0.619. The van der Waals surface area contributed by atoms with Crippen LogP contribution in [0.4, 0.5) is 0 Å². The van der Waals surface area contributed by atoms with Crippen molar-refractivity contribution in [1.82, 2.24) is 4.98 Å². The fourth-order valence-electron chi connectivity index (χ4n) is 1.83. The molecule has 2 rings (SSSR count). The molecule has 0 aliphatic carbocycles. The standard InChI is InChI=1S/C15H16ClNO4/c1-18-13-7-12(8-14(19-2)15(13)20-3)21-9-11-6-10(16)4-5-17-11/h4-8H,9H2,1-3H3. The van der Waals surface area contributed by atoms with Gasteiger partial charge in [-0.1, -0.05) is 11.6 Å². The van der Waals surface area contributed by atoms with Crippen LogP contribution in [0, 0.1) is 0 Å². The molecule has 0 saturated heterocycles. The van der Waals surface area contributed by atoms with Crippen molar-refractivity contribution in [3.05, 3.63) is 41.2 Å². The summed E-state index contributed by atoms with van der Waals surface area (Å²) in [6.45, 7) is 0.291. The van der Waals surface area contributed by atoms with Crippen molar-refractivity contribution in [3.8, 4) is 23.0 Å². The summed E-state index contributed by atoms with van der Waals surface area (Å²) in [4.78, 5) is 4.18. The Morgan fingerprint density at radius 2 is 1.67 bits per heavy atom. The molecule has 0 aliphatic rings. The van der Waals surface area contributed by atoms with E-state index in [0.29, 0.717) is 34.6 Å². The zero-order valence-corrected chi connectivity index (χ0v) is 12.8. The lowest BCUT2D eigenvalue weighted by atomic mass is 10.2. The first-order chi connectivity index (χ1) is 10.2. The highest BCUT2D eigenvalue weighted by Crippen LogP contribution is 2.40. The molecule has 0 spiro atoms. The fraction of sp³-hybridized carbons (Fsp3) is 0.267. The predicted molar refractivity (Wildman–Crippen MR) is 79.7 cm³/mol. The van der Waals surface area contributed by atoms with Crippen LogP contribution in [0.5, 0.6) is 23.0 Å². The predicted octanol–water partition coefficient (Wildman–Crippen LogP) is 3.34. The lowest BCUT2D eigenvalue weighted by Gasteiger charge is -2.14. The number of hydrogen-bond acceptors (Lipinski definition) is 5. The Morgan fingerprint density at radius 3 is 2.19 bits per heavy atom. The van der Waals surface area contributed by atoms with Crippen LogP contribution >= 0.6 is 11.6 Å². The molecule has 0 bridgehead atoms. The van der Waals surface area contributed by atoms with Crippen LogP contribution in [-0.4, -0.2) is 26.3 Å². The smallest absolute Gasteiger partial charge is 0.203 e. The molecule has 21 heavy (non-hydrogen) atoms. The Hall–Kier alpha value is -2.14. The van der Waals surface area contributed by atoms with Gasteiger partial charge in [-0.2, -0.15) is 0 Å².